The van der Waals surface area contributed by atoms with Gasteiger partial charge in [-0.2, -0.15) is 0 Å². The highest BCUT2D eigenvalue weighted by Gasteiger charge is 2.20. The zero-order valence-corrected chi connectivity index (χ0v) is 12.6. The molecule has 0 aliphatic carbocycles. The molecule has 108 valence electrons. The molecule has 3 nitrogen and oxygen atoms in total. The van der Waals surface area contributed by atoms with Crippen LogP contribution in [0.3, 0.4) is 0 Å². The molecule has 1 aromatic heterocycles. The van der Waals surface area contributed by atoms with Crippen molar-refractivity contribution in [2.45, 2.75) is 12.5 Å². The van der Waals surface area contributed by atoms with Gasteiger partial charge in [-0.15, -0.1) is 11.3 Å². The SMILES string of the molecule is NNC(Cc1nc2ccccc2s1)c1c(F)cccc1Cl. The quantitative estimate of drug-likeness (QED) is 0.567. The van der Waals surface area contributed by atoms with E-state index in [2.05, 4.69) is 10.4 Å². The van der Waals surface area contributed by atoms with Gasteiger partial charge in [0.2, 0.25) is 0 Å². The number of benzene rings is 2. The molecule has 1 atom stereocenters. The second-order valence-corrected chi connectivity index (χ2v) is 6.16. The summed E-state index contributed by atoms with van der Waals surface area (Å²) in [7, 11) is 0. The van der Waals surface area contributed by atoms with Crippen molar-refractivity contribution >= 4 is 33.2 Å². The maximum absolute atomic E-state index is 14.0. The van der Waals surface area contributed by atoms with E-state index in [0.717, 1.165) is 15.2 Å². The first-order valence-corrected chi connectivity index (χ1v) is 7.63. The molecule has 2 aromatic carbocycles. The third kappa shape index (κ3) is 2.91. The lowest BCUT2D eigenvalue weighted by Gasteiger charge is -2.17. The molecule has 0 aliphatic rings. The molecule has 3 N–H and O–H groups in total. The van der Waals surface area contributed by atoms with Crippen LogP contribution in [0, 0.1) is 5.82 Å². The third-order valence-corrected chi connectivity index (χ3v) is 4.65. The normalized spacial score (nSPS) is 12.7. The zero-order valence-electron chi connectivity index (χ0n) is 11.0. The van der Waals surface area contributed by atoms with E-state index in [-0.39, 0.29) is 5.82 Å². The number of nitrogens with two attached hydrogens (primary N) is 1. The van der Waals surface area contributed by atoms with E-state index in [1.54, 1.807) is 23.5 Å². The minimum Gasteiger partial charge on any atom is -0.271 e. The molecule has 6 heteroatoms. The number of thiazole rings is 1. The molecule has 1 heterocycles. The number of nitrogens with one attached hydrogen (secondary N) is 1. The molecule has 0 saturated carbocycles. The van der Waals surface area contributed by atoms with Gasteiger partial charge < -0.3 is 0 Å². The summed E-state index contributed by atoms with van der Waals surface area (Å²) in [5.74, 6) is 5.22. The summed E-state index contributed by atoms with van der Waals surface area (Å²) in [5.41, 5.74) is 3.95. The lowest BCUT2D eigenvalue weighted by molar-refractivity contribution is 0.510. The van der Waals surface area contributed by atoms with Gasteiger partial charge in [0, 0.05) is 17.0 Å². The fourth-order valence-electron chi connectivity index (χ4n) is 2.27. The van der Waals surface area contributed by atoms with E-state index in [0.29, 0.717) is 17.0 Å². The molecule has 0 radical (unpaired) electrons. The number of rotatable bonds is 4. The largest absolute Gasteiger partial charge is 0.271 e. The fourth-order valence-corrected chi connectivity index (χ4v) is 3.58. The van der Waals surface area contributed by atoms with Crippen LogP contribution < -0.4 is 11.3 Å². The van der Waals surface area contributed by atoms with Gasteiger partial charge in [0.1, 0.15) is 5.82 Å². The number of halogens is 2. The highest BCUT2D eigenvalue weighted by Crippen LogP contribution is 2.30. The van der Waals surface area contributed by atoms with Crippen molar-refractivity contribution in [3.63, 3.8) is 0 Å². The Hall–Kier alpha value is -1.53. The average Bonchev–Trinajstić information content (AvgIpc) is 2.88. The molecule has 3 rings (SSSR count). The Kier molecular flexibility index (Phi) is 4.17. The van der Waals surface area contributed by atoms with Crippen molar-refractivity contribution in [3.8, 4) is 0 Å². The van der Waals surface area contributed by atoms with Gasteiger partial charge in [0.15, 0.2) is 0 Å². The number of hydrogen-bond acceptors (Lipinski definition) is 4. The molecule has 21 heavy (non-hydrogen) atoms. The van der Waals surface area contributed by atoms with Crippen LogP contribution >= 0.6 is 22.9 Å². The van der Waals surface area contributed by atoms with E-state index in [4.69, 9.17) is 17.4 Å². The summed E-state index contributed by atoms with van der Waals surface area (Å²) in [5, 5.41) is 1.25. The summed E-state index contributed by atoms with van der Waals surface area (Å²) in [6.45, 7) is 0. The first kappa shape index (κ1) is 14.4. The molecule has 0 bridgehead atoms. The molecule has 3 aromatic rings. The van der Waals surface area contributed by atoms with Crippen molar-refractivity contribution in [2.24, 2.45) is 5.84 Å². The van der Waals surface area contributed by atoms with Crippen molar-refractivity contribution in [3.05, 3.63) is 63.9 Å². The van der Waals surface area contributed by atoms with Crippen LogP contribution in [0.25, 0.3) is 10.2 Å². The van der Waals surface area contributed by atoms with Crippen LogP contribution in [0.5, 0.6) is 0 Å². The highest BCUT2D eigenvalue weighted by molar-refractivity contribution is 7.18. The van der Waals surface area contributed by atoms with Gasteiger partial charge in [-0.3, -0.25) is 11.3 Å². The molecular weight excluding hydrogens is 309 g/mol. The van der Waals surface area contributed by atoms with Gasteiger partial charge in [0.05, 0.1) is 21.3 Å². The van der Waals surface area contributed by atoms with Gasteiger partial charge in [-0.1, -0.05) is 29.8 Å². The molecular formula is C15H13ClFN3S. The maximum Gasteiger partial charge on any atom is 0.129 e. The Bertz CT molecular complexity index is 721. The van der Waals surface area contributed by atoms with Crippen LogP contribution in [-0.4, -0.2) is 4.98 Å². The van der Waals surface area contributed by atoms with Gasteiger partial charge in [0.25, 0.3) is 0 Å². The van der Waals surface area contributed by atoms with Crippen LogP contribution in [0.4, 0.5) is 4.39 Å². The smallest absolute Gasteiger partial charge is 0.129 e. The molecule has 1 unspecified atom stereocenters. The van der Waals surface area contributed by atoms with Crippen LogP contribution in [-0.2, 0) is 6.42 Å². The van der Waals surface area contributed by atoms with Crippen molar-refractivity contribution < 1.29 is 4.39 Å². The van der Waals surface area contributed by atoms with Gasteiger partial charge >= 0.3 is 0 Å². The van der Waals surface area contributed by atoms with Crippen LogP contribution in [0.1, 0.15) is 16.6 Å². The van der Waals surface area contributed by atoms with Crippen LogP contribution in [0.15, 0.2) is 42.5 Å². The maximum atomic E-state index is 14.0. The fraction of sp³-hybridized carbons (Fsp3) is 0.133. The lowest BCUT2D eigenvalue weighted by Crippen LogP contribution is -2.30. The standard InChI is InChI=1S/C15H13ClFN3S/c16-9-4-3-5-10(17)15(9)12(20-18)8-14-19-11-6-1-2-7-13(11)21-14/h1-7,12,20H,8,18H2. The topological polar surface area (TPSA) is 50.9 Å². The minimum absolute atomic E-state index is 0.360. The van der Waals surface area contributed by atoms with E-state index < -0.39 is 6.04 Å². The number of para-hydroxylation sites is 1. The Labute approximate surface area is 130 Å². The summed E-state index contributed by atoms with van der Waals surface area (Å²) in [6, 6.07) is 12.1. The van der Waals surface area contributed by atoms with E-state index >= 15 is 0 Å². The highest BCUT2D eigenvalue weighted by atomic mass is 35.5. The Morgan fingerprint density at radius 3 is 2.76 bits per heavy atom. The second kappa shape index (κ2) is 6.07. The number of hydrazine groups is 1. The zero-order chi connectivity index (χ0) is 14.8. The van der Waals surface area contributed by atoms with Gasteiger partial charge in [-0.25, -0.2) is 9.37 Å². The Morgan fingerprint density at radius 2 is 2.05 bits per heavy atom. The molecule has 0 amide bonds. The summed E-state index contributed by atoms with van der Waals surface area (Å²) >= 11 is 7.67. The minimum atomic E-state index is -0.417. The van der Waals surface area contributed by atoms with E-state index in [1.807, 2.05) is 24.3 Å². The second-order valence-electron chi connectivity index (χ2n) is 4.63. The Morgan fingerprint density at radius 1 is 1.24 bits per heavy atom. The van der Waals surface area contributed by atoms with Crippen LogP contribution in [0.2, 0.25) is 5.02 Å². The predicted octanol–water partition coefficient (Wildman–Crippen LogP) is 3.84. The summed E-state index contributed by atoms with van der Waals surface area (Å²) in [6.07, 6.45) is 0.483. The lowest BCUT2D eigenvalue weighted by atomic mass is 10.0. The molecule has 0 aliphatic heterocycles. The van der Waals surface area contributed by atoms with Crippen molar-refractivity contribution in [1.29, 1.82) is 0 Å². The van der Waals surface area contributed by atoms with E-state index in [9.17, 15) is 4.39 Å². The number of fused-ring (bicyclic) bond motifs is 1. The van der Waals surface area contributed by atoms with E-state index in [1.165, 1.54) is 6.07 Å². The molecule has 0 fully saturated rings. The van der Waals surface area contributed by atoms with Gasteiger partial charge in [-0.05, 0) is 24.3 Å². The number of nitrogens with zero attached hydrogens (tertiary/aromatic N) is 1. The molecule has 0 spiro atoms. The average molecular weight is 322 g/mol. The first-order chi connectivity index (χ1) is 10.2. The number of aromatic nitrogens is 1. The van der Waals surface area contributed by atoms with Crippen molar-refractivity contribution in [2.75, 3.05) is 0 Å². The monoisotopic (exact) mass is 321 g/mol. The Balaban J connectivity index is 1.94. The summed E-state index contributed by atoms with van der Waals surface area (Å²) in [4.78, 5) is 4.54. The summed E-state index contributed by atoms with van der Waals surface area (Å²) < 4.78 is 15.1. The van der Waals surface area contributed by atoms with Crippen molar-refractivity contribution in [1.82, 2.24) is 10.4 Å². The number of hydrogen-bond donors (Lipinski definition) is 2. The predicted molar refractivity (Wildman–Crippen MR) is 84.8 cm³/mol. The third-order valence-electron chi connectivity index (χ3n) is 3.27. The molecule has 0 saturated heterocycles. The first-order valence-electron chi connectivity index (χ1n) is 6.43.